The summed E-state index contributed by atoms with van der Waals surface area (Å²) >= 11 is 0. The highest BCUT2D eigenvalue weighted by Gasteiger charge is 2.36. The van der Waals surface area contributed by atoms with Gasteiger partial charge in [0.2, 0.25) is 0 Å². The maximum absolute atomic E-state index is 2.38. The molecule has 4 rings (SSSR count). The van der Waals surface area contributed by atoms with Gasteiger partial charge in [-0.25, -0.2) is 0 Å². The molecule has 3 aliphatic rings. The number of hydrogen-bond donors (Lipinski definition) is 0. The van der Waals surface area contributed by atoms with Crippen molar-refractivity contribution in [3.05, 3.63) is 35.9 Å². The van der Waals surface area contributed by atoms with Crippen molar-refractivity contribution in [1.29, 1.82) is 0 Å². The molecule has 0 saturated heterocycles. The minimum atomic E-state index is 0.850. The van der Waals surface area contributed by atoms with Crippen LogP contribution in [-0.2, 0) is 0 Å². The second-order valence-electron chi connectivity index (χ2n) is 9.99. The molecule has 3 fully saturated rings. The minimum Gasteiger partial charge on any atom is -0.0651 e. The molecule has 3 saturated carbocycles. The highest BCUT2D eigenvalue weighted by molar-refractivity contribution is 5.20. The van der Waals surface area contributed by atoms with E-state index in [1.54, 1.807) is 24.8 Å². The molecule has 0 spiro atoms. The first-order valence-corrected chi connectivity index (χ1v) is 11.9. The molecule has 0 heteroatoms. The van der Waals surface area contributed by atoms with Crippen molar-refractivity contribution >= 4 is 0 Å². The van der Waals surface area contributed by atoms with Crippen LogP contribution in [0.3, 0.4) is 0 Å². The molecular weight excluding hydrogens is 312 g/mol. The van der Waals surface area contributed by atoms with Crippen LogP contribution in [0.5, 0.6) is 0 Å². The standard InChI is InChI=1S/C26H40/c1-2-20-8-10-21(11-9-20)12-13-22-14-15-26-19-25(17-16-24(26)18-22)23-6-4-3-5-7-23/h3-7,20-22,24-26H,2,8-19H2,1H3. The van der Waals surface area contributed by atoms with Crippen LogP contribution in [0.4, 0.5) is 0 Å². The zero-order chi connectivity index (χ0) is 17.8. The molecule has 4 atom stereocenters. The SMILES string of the molecule is CCC1CCC(CCC2CCC3CC(c4ccccc4)CCC3C2)CC1. The summed E-state index contributed by atoms with van der Waals surface area (Å²) in [6, 6.07) is 11.3. The van der Waals surface area contributed by atoms with E-state index >= 15 is 0 Å². The van der Waals surface area contributed by atoms with Crippen molar-refractivity contribution < 1.29 is 0 Å². The normalized spacial score (nSPS) is 37.9. The van der Waals surface area contributed by atoms with Gasteiger partial charge in [0.1, 0.15) is 0 Å². The lowest BCUT2D eigenvalue weighted by atomic mass is 9.63. The molecule has 0 heterocycles. The summed E-state index contributed by atoms with van der Waals surface area (Å²) in [5.41, 5.74) is 1.61. The van der Waals surface area contributed by atoms with Crippen molar-refractivity contribution in [2.75, 3.05) is 0 Å². The number of rotatable bonds is 5. The third kappa shape index (κ3) is 4.55. The van der Waals surface area contributed by atoms with Gasteiger partial charge in [-0.05, 0) is 73.2 Å². The number of fused-ring (bicyclic) bond motifs is 1. The first kappa shape index (κ1) is 18.6. The molecule has 1 aromatic carbocycles. The average molecular weight is 353 g/mol. The van der Waals surface area contributed by atoms with Crippen LogP contribution in [-0.4, -0.2) is 0 Å². The lowest BCUT2D eigenvalue weighted by Crippen LogP contribution is -2.30. The summed E-state index contributed by atoms with van der Waals surface area (Å²) in [5, 5.41) is 0. The molecule has 0 bridgehead atoms. The summed E-state index contributed by atoms with van der Waals surface area (Å²) in [6.07, 6.45) is 19.7. The van der Waals surface area contributed by atoms with E-state index in [-0.39, 0.29) is 0 Å². The van der Waals surface area contributed by atoms with Gasteiger partial charge in [0.05, 0.1) is 0 Å². The van der Waals surface area contributed by atoms with Crippen LogP contribution in [0.2, 0.25) is 0 Å². The van der Waals surface area contributed by atoms with Crippen LogP contribution >= 0.6 is 0 Å². The van der Waals surface area contributed by atoms with E-state index in [2.05, 4.69) is 37.3 Å². The van der Waals surface area contributed by atoms with Crippen molar-refractivity contribution in [1.82, 2.24) is 0 Å². The van der Waals surface area contributed by atoms with E-state index in [4.69, 9.17) is 0 Å². The third-order valence-electron chi connectivity index (χ3n) is 8.52. The first-order valence-electron chi connectivity index (χ1n) is 11.9. The molecule has 144 valence electrons. The second-order valence-corrected chi connectivity index (χ2v) is 9.99. The van der Waals surface area contributed by atoms with Gasteiger partial charge in [0, 0.05) is 0 Å². The average Bonchev–Trinajstić information content (AvgIpc) is 2.72. The molecule has 0 N–H and O–H groups in total. The Bertz CT molecular complexity index is 524. The van der Waals surface area contributed by atoms with Crippen LogP contribution in [0.25, 0.3) is 0 Å². The van der Waals surface area contributed by atoms with Crippen molar-refractivity contribution in [2.45, 2.75) is 96.3 Å². The van der Waals surface area contributed by atoms with Gasteiger partial charge >= 0.3 is 0 Å². The number of hydrogen-bond acceptors (Lipinski definition) is 0. The zero-order valence-electron chi connectivity index (χ0n) is 17.0. The van der Waals surface area contributed by atoms with Crippen LogP contribution in [0.15, 0.2) is 30.3 Å². The topological polar surface area (TPSA) is 0 Å². The molecule has 26 heavy (non-hydrogen) atoms. The highest BCUT2D eigenvalue weighted by atomic mass is 14.4. The smallest absolute Gasteiger partial charge is 0.0159 e. The predicted octanol–water partition coefficient (Wildman–Crippen LogP) is 7.98. The Labute approximate surface area is 162 Å². The molecule has 0 aliphatic heterocycles. The molecular formula is C26H40. The van der Waals surface area contributed by atoms with Gasteiger partial charge in [-0.15, -0.1) is 0 Å². The predicted molar refractivity (Wildman–Crippen MR) is 112 cm³/mol. The van der Waals surface area contributed by atoms with E-state index in [9.17, 15) is 0 Å². The molecule has 0 amide bonds. The fourth-order valence-corrected chi connectivity index (χ4v) is 6.68. The maximum atomic E-state index is 2.38. The van der Waals surface area contributed by atoms with Gasteiger partial charge in [-0.2, -0.15) is 0 Å². The van der Waals surface area contributed by atoms with E-state index in [1.807, 2.05) is 0 Å². The Morgan fingerprint density at radius 1 is 0.654 bits per heavy atom. The van der Waals surface area contributed by atoms with Gasteiger partial charge < -0.3 is 0 Å². The zero-order valence-corrected chi connectivity index (χ0v) is 17.0. The van der Waals surface area contributed by atoms with Crippen molar-refractivity contribution in [3.8, 4) is 0 Å². The van der Waals surface area contributed by atoms with Gasteiger partial charge in [0.15, 0.2) is 0 Å². The molecule has 0 aromatic heterocycles. The maximum Gasteiger partial charge on any atom is -0.0159 e. The Balaban J connectivity index is 1.21. The Kier molecular flexibility index (Phi) is 6.39. The summed E-state index contributed by atoms with van der Waals surface area (Å²) in [6.45, 7) is 2.38. The fraction of sp³-hybridized carbons (Fsp3) is 0.769. The lowest BCUT2D eigenvalue weighted by molar-refractivity contribution is 0.109. The lowest BCUT2D eigenvalue weighted by Gasteiger charge is -2.42. The van der Waals surface area contributed by atoms with Gasteiger partial charge in [-0.3, -0.25) is 0 Å². The second kappa shape index (κ2) is 8.94. The molecule has 4 unspecified atom stereocenters. The van der Waals surface area contributed by atoms with E-state index < -0.39 is 0 Å². The monoisotopic (exact) mass is 352 g/mol. The van der Waals surface area contributed by atoms with E-state index in [0.29, 0.717) is 0 Å². The van der Waals surface area contributed by atoms with Crippen LogP contribution in [0.1, 0.15) is 102 Å². The quantitative estimate of drug-likeness (QED) is 0.504. The first-order chi connectivity index (χ1) is 12.8. The van der Waals surface area contributed by atoms with Crippen molar-refractivity contribution in [2.24, 2.45) is 29.6 Å². The molecule has 3 aliphatic carbocycles. The van der Waals surface area contributed by atoms with Crippen LogP contribution < -0.4 is 0 Å². The Morgan fingerprint density at radius 2 is 1.27 bits per heavy atom. The number of benzene rings is 1. The molecule has 0 radical (unpaired) electrons. The van der Waals surface area contributed by atoms with E-state index in [1.165, 1.54) is 64.2 Å². The highest BCUT2D eigenvalue weighted by Crippen LogP contribution is 2.48. The third-order valence-corrected chi connectivity index (χ3v) is 8.52. The Morgan fingerprint density at radius 3 is 2.04 bits per heavy atom. The summed E-state index contributed by atoms with van der Waals surface area (Å²) < 4.78 is 0. The summed E-state index contributed by atoms with van der Waals surface area (Å²) in [4.78, 5) is 0. The van der Waals surface area contributed by atoms with E-state index in [0.717, 1.165) is 35.5 Å². The molecule has 0 nitrogen and oxygen atoms in total. The summed E-state index contributed by atoms with van der Waals surface area (Å²) in [7, 11) is 0. The largest absolute Gasteiger partial charge is 0.0651 e. The van der Waals surface area contributed by atoms with Gasteiger partial charge in [-0.1, -0.05) is 88.6 Å². The fourth-order valence-electron chi connectivity index (χ4n) is 6.68. The van der Waals surface area contributed by atoms with Crippen LogP contribution in [0, 0.1) is 29.6 Å². The van der Waals surface area contributed by atoms with Gasteiger partial charge in [0.25, 0.3) is 0 Å². The molecule has 1 aromatic rings. The van der Waals surface area contributed by atoms with Crippen molar-refractivity contribution in [3.63, 3.8) is 0 Å². The summed E-state index contributed by atoms with van der Waals surface area (Å²) in [5.74, 6) is 6.14. The minimum absolute atomic E-state index is 0.850. The Hall–Kier alpha value is -0.780.